The van der Waals surface area contributed by atoms with Crippen LogP contribution in [0.1, 0.15) is 73.6 Å². The summed E-state index contributed by atoms with van der Waals surface area (Å²) in [4.78, 5) is 0. The van der Waals surface area contributed by atoms with Crippen LogP contribution < -0.4 is 0 Å². The summed E-state index contributed by atoms with van der Waals surface area (Å²) in [6.07, 6.45) is 7.13. The molecule has 0 N–H and O–H groups in total. The van der Waals surface area contributed by atoms with Crippen molar-refractivity contribution in [1.82, 2.24) is 0 Å². The molecule has 2 saturated carbocycles. The first kappa shape index (κ1) is 12.5. The van der Waals surface area contributed by atoms with Gasteiger partial charge in [0, 0.05) is 0 Å². The molecule has 3 unspecified atom stereocenters. The predicted octanol–water partition coefficient (Wildman–Crippen LogP) is 5.28. The molecule has 0 saturated heterocycles. The SMILES string of the molecule is CCCCC(C)(C)C(C)C1C2(C)CCC12C. The van der Waals surface area contributed by atoms with Crippen molar-refractivity contribution in [3.05, 3.63) is 0 Å². The first-order valence-corrected chi connectivity index (χ1v) is 7.29. The summed E-state index contributed by atoms with van der Waals surface area (Å²) in [7, 11) is 0. The molecule has 3 atom stereocenters. The quantitative estimate of drug-likeness (QED) is 0.594. The zero-order valence-electron chi connectivity index (χ0n) is 12.2. The molecule has 0 radical (unpaired) electrons. The Morgan fingerprint density at radius 2 is 1.69 bits per heavy atom. The molecule has 0 amide bonds. The first-order chi connectivity index (χ1) is 7.29. The lowest BCUT2D eigenvalue weighted by Crippen LogP contribution is -2.25. The molecule has 2 aliphatic rings. The third-order valence-corrected chi connectivity index (χ3v) is 6.67. The molecule has 16 heavy (non-hydrogen) atoms. The molecule has 0 aliphatic heterocycles. The third-order valence-electron chi connectivity index (χ3n) is 6.67. The van der Waals surface area contributed by atoms with Gasteiger partial charge < -0.3 is 0 Å². The van der Waals surface area contributed by atoms with Crippen molar-refractivity contribution in [2.45, 2.75) is 73.6 Å². The van der Waals surface area contributed by atoms with Gasteiger partial charge in [-0.05, 0) is 47.3 Å². The van der Waals surface area contributed by atoms with E-state index in [-0.39, 0.29) is 0 Å². The third kappa shape index (κ3) is 1.41. The standard InChI is InChI=1S/C16H30/c1-7-8-9-14(3,4)12(2)13-15(5)10-11-16(13,15)6/h12-13H,7-11H2,1-6H3. The summed E-state index contributed by atoms with van der Waals surface area (Å²) in [6.45, 7) is 14.9. The Bertz CT molecular complexity index is 262. The fraction of sp³-hybridized carbons (Fsp3) is 1.00. The maximum Gasteiger partial charge on any atom is -0.0232 e. The van der Waals surface area contributed by atoms with E-state index in [4.69, 9.17) is 0 Å². The second-order valence-corrected chi connectivity index (χ2v) is 7.69. The van der Waals surface area contributed by atoms with Crippen molar-refractivity contribution >= 4 is 0 Å². The summed E-state index contributed by atoms with van der Waals surface area (Å²) >= 11 is 0. The van der Waals surface area contributed by atoms with Gasteiger partial charge in [-0.2, -0.15) is 0 Å². The topological polar surface area (TPSA) is 0 Å². The highest BCUT2D eigenvalue weighted by molar-refractivity contribution is 5.25. The fourth-order valence-electron chi connectivity index (χ4n) is 4.64. The van der Waals surface area contributed by atoms with Gasteiger partial charge in [-0.15, -0.1) is 0 Å². The Kier molecular flexibility index (Phi) is 2.72. The molecule has 0 nitrogen and oxygen atoms in total. The number of rotatable bonds is 5. The van der Waals surface area contributed by atoms with E-state index < -0.39 is 0 Å². The van der Waals surface area contributed by atoms with Gasteiger partial charge in [0.1, 0.15) is 0 Å². The van der Waals surface area contributed by atoms with Gasteiger partial charge in [0.15, 0.2) is 0 Å². The Balaban J connectivity index is 2.01. The zero-order chi connectivity index (χ0) is 12.2. The number of fused-ring (bicyclic) bond motifs is 1. The van der Waals surface area contributed by atoms with E-state index in [1.165, 1.54) is 32.1 Å². The molecule has 0 aromatic rings. The first-order valence-electron chi connectivity index (χ1n) is 7.29. The van der Waals surface area contributed by atoms with Gasteiger partial charge in [-0.3, -0.25) is 0 Å². The van der Waals surface area contributed by atoms with E-state index in [1.54, 1.807) is 0 Å². The highest BCUT2D eigenvalue weighted by Crippen LogP contribution is 2.84. The molecule has 0 spiro atoms. The van der Waals surface area contributed by atoms with Crippen molar-refractivity contribution < 1.29 is 0 Å². The molecule has 0 heterocycles. The van der Waals surface area contributed by atoms with Gasteiger partial charge in [0.2, 0.25) is 0 Å². The molecule has 0 aromatic heterocycles. The zero-order valence-corrected chi connectivity index (χ0v) is 12.2. The van der Waals surface area contributed by atoms with Gasteiger partial charge >= 0.3 is 0 Å². The summed E-state index contributed by atoms with van der Waals surface area (Å²) < 4.78 is 0. The summed E-state index contributed by atoms with van der Waals surface area (Å²) in [6, 6.07) is 0. The molecule has 94 valence electrons. The molecule has 2 fully saturated rings. The highest BCUT2D eigenvalue weighted by atomic mass is 14.8. The van der Waals surface area contributed by atoms with E-state index in [0.29, 0.717) is 5.41 Å². The lowest BCUT2D eigenvalue weighted by molar-refractivity contribution is 0.165. The largest absolute Gasteiger partial charge is 0.0654 e. The van der Waals surface area contributed by atoms with Crippen molar-refractivity contribution in [3.8, 4) is 0 Å². The van der Waals surface area contributed by atoms with Crippen LogP contribution in [0.15, 0.2) is 0 Å². The second-order valence-electron chi connectivity index (χ2n) is 7.69. The monoisotopic (exact) mass is 222 g/mol. The number of hydrogen-bond donors (Lipinski definition) is 0. The van der Waals surface area contributed by atoms with Crippen LogP contribution in [0, 0.1) is 28.1 Å². The number of unbranched alkanes of at least 4 members (excludes halogenated alkanes) is 1. The summed E-state index contributed by atoms with van der Waals surface area (Å²) in [5.74, 6) is 1.91. The maximum atomic E-state index is 2.54. The van der Waals surface area contributed by atoms with Crippen LogP contribution in [0.2, 0.25) is 0 Å². The molecule has 2 aliphatic carbocycles. The molecular weight excluding hydrogens is 192 g/mol. The predicted molar refractivity (Wildman–Crippen MR) is 71.4 cm³/mol. The smallest absolute Gasteiger partial charge is 0.0232 e. The summed E-state index contributed by atoms with van der Waals surface area (Å²) in [5, 5.41) is 0. The van der Waals surface area contributed by atoms with Gasteiger partial charge in [0.05, 0.1) is 0 Å². The Hall–Kier alpha value is 0. The van der Waals surface area contributed by atoms with Gasteiger partial charge in [-0.25, -0.2) is 0 Å². The maximum absolute atomic E-state index is 2.54. The van der Waals surface area contributed by atoms with Crippen LogP contribution in [-0.4, -0.2) is 0 Å². The van der Waals surface area contributed by atoms with Crippen LogP contribution in [0.5, 0.6) is 0 Å². The normalized spacial score (nSPS) is 43.5. The van der Waals surface area contributed by atoms with E-state index in [2.05, 4.69) is 41.5 Å². The summed E-state index contributed by atoms with van der Waals surface area (Å²) in [5.41, 5.74) is 1.98. The van der Waals surface area contributed by atoms with Crippen molar-refractivity contribution in [1.29, 1.82) is 0 Å². The van der Waals surface area contributed by atoms with Gasteiger partial charge in [0.25, 0.3) is 0 Å². The Morgan fingerprint density at radius 1 is 1.19 bits per heavy atom. The van der Waals surface area contributed by atoms with Crippen LogP contribution in [-0.2, 0) is 0 Å². The molecular formula is C16H30. The lowest BCUT2D eigenvalue weighted by Gasteiger charge is -2.33. The molecule has 0 heteroatoms. The lowest BCUT2D eigenvalue weighted by atomic mass is 9.72. The van der Waals surface area contributed by atoms with E-state index in [9.17, 15) is 0 Å². The van der Waals surface area contributed by atoms with Crippen LogP contribution in [0.4, 0.5) is 0 Å². The van der Waals surface area contributed by atoms with Crippen LogP contribution >= 0.6 is 0 Å². The van der Waals surface area contributed by atoms with Crippen molar-refractivity contribution in [2.24, 2.45) is 28.1 Å². The Labute approximate surface area is 102 Å². The van der Waals surface area contributed by atoms with Crippen molar-refractivity contribution in [3.63, 3.8) is 0 Å². The van der Waals surface area contributed by atoms with E-state index in [1.807, 2.05) is 0 Å². The van der Waals surface area contributed by atoms with Gasteiger partial charge in [-0.1, -0.05) is 54.4 Å². The average molecular weight is 222 g/mol. The minimum Gasteiger partial charge on any atom is -0.0654 e. The minimum absolute atomic E-state index is 0.546. The molecule has 0 aromatic carbocycles. The van der Waals surface area contributed by atoms with Crippen LogP contribution in [0.25, 0.3) is 0 Å². The van der Waals surface area contributed by atoms with E-state index in [0.717, 1.165) is 22.7 Å². The number of hydrogen-bond acceptors (Lipinski definition) is 0. The Morgan fingerprint density at radius 3 is 2.06 bits per heavy atom. The molecule has 2 rings (SSSR count). The average Bonchev–Trinajstić information content (AvgIpc) is 2.55. The fourth-order valence-corrected chi connectivity index (χ4v) is 4.64. The minimum atomic E-state index is 0.546. The molecule has 0 bridgehead atoms. The van der Waals surface area contributed by atoms with Crippen LogP contribution in [0.3, 0.4) is 0 Å². The second kappa shape index (κ2) is 3.50. The van der Waals surface area contributed by atoms with Crippen molar-refractivity contribution in [2.75, 3.05) is 0 Å². The highest BCUT2D eigenvalue weighted by Gasteiger charge is 2.77. The van der Waals surface area contributed by atoms with E-state index >= 15 is 0 Å².